The van der Waals surface area contributed by atoms with Gasteiger partial charge in [-0.3, -0.25) is 0 Å². The first-order valence-corrected chi connectivity index (χ1v) is 3.81. The summed E-state index contributed by atoms with van der Waals surface area (Å²) < 4.78 is 17.2. The van der Waals surface area contributed by atoms with Crippen LogP contribution in [-0.4, -0.2) is 0 Å². The fraction of sp³-hybridized carbons (Fsp3) is 0. The van der Waals surface area contributed by atoms with E-state index in [4.69, 9.17) is 4.47 Å². The van der Waals surface area contributed by atoms with Crippen LogP contribution in [0.2, 0.25) is 0 Å². The molecular weight excluding hydrogens is 286 g/mol. The summed E-state index contributed by atoms with van der Waals surface area (Å²) in [5.74, 6) is 0. The predicted octanol–water partition coefficient (Wildman–Crippen LogP) is -0.356. The van der Waals surface area contributed by atoms with Gasteiger partial charge in [0.1, 0.15) is 0 Å². The molecule has 0 amide bonds. The predicted molar refractivity (Wildman–Crippen MR) is 2.06 cm³/mol. The SMILES string of the molecule is [O-2].[O]=[U+2]=[O]. The first-order valence-electron chi connectivity index (χ1n) is 0.408. The fourth-order valence-corrected chi connectivity index (χ4v) is 0. The van der Waals surface area contributed by atoms with Crippen LogP contribution in [0, 0.1) is 27.8 Å². The molecule has 0 saturated heterocycles. The van der Waals surface area contributed by atoms with Gasteiger partial charge in [-0.25, -0.2) is 0 Å². The molecule has 0 aliphatic rings. The first kappa shape index (κ1) is 8.82. The molecule has 0 aromatic heterocycles. The van der Waals surface area contributed by atoms with E-state index < -0.39 is 27.8 Å². The summed E-state index contributed by atoms with van der Waals surface area (Å²) in [7, 11) is 0. The third kappa shape index (κ3) is 18.1. The van der Waals surface area contributed by atoms with E-state index in [0.717, 1.165) is 0 Å². The molecule has 0 aliphatic heterocycles. The summed E-state index contributed by atoms with van der Waals surface area (Å²) in [5, 5.41) is 0. The fourth-order valence-electron chi connectivity index (χ4n) is 0. The van der Waals surface area contributed by atoms with Crippen LogP contribution in [-0.2, 0) is 9.95 Å². The van der Waals surface area contributed by atoms with Crippen molar-refractivity contribution in [3.05, 3.63) is 0 Å². The third-order valence-corrected chi connectivity index (χ3v) is 0. The summed E-state index contributed by atoms with van der Waals surface area (Å²) in [6, 6.07) is 0. The van der Waals surface area contributed by atoms with Crippen LogP contribution in [0.25, 0.3) is 0 Å². The maximum atomic E-state index is 8.58. The molecule has 0 radical (unpaired) electrons. The van der Waals surface area contributed by atoms with Crippen LogP contribution in [0.1, 0.15) is 0 Å². The molecule has 22 valence electrons. The zero-order valence-corrected chi connectivity index (χ0v) is 5.89. The summed E-state index contributed by atoms with van der Waals surface area (Å²) in [5.41, 5.74) is 0. The zero-order valence-electron chi connectivity index (χ0n) is 1.72. The van der Waals surface area contributed by atoms with Crippen LogP contribution < -0.4 is 0 Å². The second kappa shape index (κ2) is 9.48. The molecule has 0 spiro atoms. The topological polar surface area (TPSA) is 62.6 Å². The van der Waals surface area contributed by atoms with Gasteiger partial charge in [-0.2, -0.15) is 0 Å². The first-order chi connectivity index (χ1) is 1.41. The second-order valence-electron chi connectivity index (χ2n) is 0.0833. The second-order valence-corrected chi connectivity index (χ2v) is 0.777. The summed E-state index contributed by atoms with van der Waals surface area (Å²) in [4.78, 5) is 0. The Hall–Kier alpha value is 0.612. The van der Waals surface area contributed by atoms with E-state index in [0.29, 0.717) is 0 Å². The Morgan fingerprint density at radius 1 is 1.25 bits per heavy atom. The molecule has 3 nitrogen and oxygen atoms in total. The van der Waals surface area contributed by atoms with E-state index in [-0.39, 0.29) is 5.48 Å². The minimum atomic E-state index is -2.51. The van der Waals surface area contributed by atoms with Crippen molar-refractivity contribution in [2.45, 2.75) is 0 Å². The van der Waals surface area contributed by atoms with E-state index in [2.05, 4.69) is 0 Å². The molecule has 0 rings (SSSR count). The van der Waals surface area contributed by atoms with Gasteiger partial charge >= 0.3 is 32.3 Å². The van der Waals surface area contributed by atoms with Gasteiger partial charge < -0.3 is 5.48 Å². The minimum absolute atomic E-state index is 0. The summed E-state index contributed by atoms with van der Waals surface area (Å²) >= 11 is -2.51. The molecule has 0 bridgehead atoms. The number of rotatable bonds is 0. The Balaban J connectivity index is 0. The van der Waals surface area contributed by atoms with Crippen molar-refractivity contribution in [3.8, 4) is 0 Å². The quantitative estimate of drug-likeness (QED) is 0.610. The monoisotopic (exact) mass is 286 g/mol. The summed E-state index contributed by atoms with van der Waals surface area (Å²) in [6.07, 6.45) is 0. The molecule has 0 aromatic carbocycles. The Morgan fingerprint density at radius 2 is 1.25 bits per heavy atom. The van der Waals surface area contributed by atoms with Gasteiger partial charge in [0.15, 0.2) is 0 Å². The van der Waals surface area contributed by atoms with E-state index in [1.54, 1.807) is 0 Å². The van der Waals surface area contributed by atoms with Crippen molar-refractivity contribution in [2.75, 3.05) is 0 Å². The van der Waals surface area contributed by atoms with Gasteiger partial charge in [-0.15, -0.1) is 0 Å². The molecule has 0 atom stereocenters. The molecule has 0 fully saturated rings. The van der Waals surface area contributed by atoms with Crippen molar-refractivity contribution >= 4 is 0 Å². The standard InChI is InChI=1S/3O.U/q;;-2;+2. The molecule has 4 heteroatoms. The van der Waals surface area contributed by atoms with Gasteiger partial charge in [-0.1, -0.05) is 0 Å². The maximum absolute atomic E-state index is 8.58. The van der Waals surface area contributed by atoms with Crippen LogP contribution in [0.3, 0.4) is 0 Å². The molecule has 0 unspecified atom stereocenters. The van der Waals surface area contributed by atoms with Crippen molar-refractivity contribution in [1.82, 2.24) is 0 Å². The molecule has 0 heterocycles. The van der Waals surface area contributed by atoms with Crippen LogP contribution in [0.4, 0.5) is 0 Å². The molecule has 0 aliphatic carbocycles. The zero-order chi connectivity index (χ0) is 2.71. The van der Waals surface area contributed by atoms with Crippen molar-refractivity contribution in [2.24, 2.45) is 0 Å². The molecular formula is O3U. The normalized spacial score (nSPS) is 2.00. The Morgan fingerprint density at radius 3 is 1.25 bits per heavy atom. The van der Waals surface area contributed by atoms with E-state index in [1.807, 2.05) is 0 Å². The Bertz CT molecular complexity index is 24.3. The van der Waals surface area contributed by atoms with Gasteiger partial charge in [0.2, 0.25) is 0 Å². The van der Waals surface area contributed by atoms with Crippen LogP contribution in [0.5, 0.6) is 0 Å². The summed E-state index contributed by atoms with van der Waals surface area (Å²) in [6.45, 7) is 0. The van der Waals surface area contributed by atoms with Crippen LogP contribution in [0.15, 0.2) is 0 Å². The Labute approximate surface area is 37.9 Å². The van der Waals surface area contributed by atoms with E-state index >= 15 is 0 Å². The van der Waals surface area contributed by atoms with E-state index in [9.17, 15) is 0 Å². The molecule has 4 heavy (non-hydrogen) atoms. The van der Waals surface area contributed by atoms with E-state index in [1.165, 1.54) is 0 Å². The van der Waals surface area contributed by atoms with Gasteiger partial charge in [0, 0.05) is 0 Å². The average Bonchev–Trinajstić information content (AvgIpc) is 0.918. The molecule has 0 aromatic rings. The average molecular weight is 286 g/mol. The molecule has 0 saturated carbocycles. The van der Waals surface area contributed by atoms with Crippen LogP contribution >= 0.6 is 0 Å². The number of hydrogen-bond acceptors (Lipinski definition) is 2. The third-order valence-electron chi connectivity index (χ3n) is 0. The van der Waals surface area contributed by atoms with Crippen molar-refractivity contribution in [1.29, 1.82) is 0 Å². The van der Waals surface area contributed by atoms with Gasteiger partial charge in [0.25, 0.3) is 0 Å². The Kier molecular flexibility index (Phi) is 20.9. The van der Waals surface area contributed by atoms with Gasteiger partial charge in [-0.05, 0) is 0 Å². The number of hydrogen-bond donors (Lipinski definition) is 0. The van der Waals surface area contributed by atoms with Crippen molar-refractivity contribution in [3.63, 3.8) is 0 Å². The van der Waals surface area contributed by atoms with Crippen molar-refractivity contribution < 1.29 is 37.8 Å². The molecule has 0 N–H and O–H groups in total. The van der Waals surface area contributed by atoms with Gasteiger partial charge in [0.05, 0.1) is 0 Å².